The van der Waals surface area contributed by atoms with Crippen LogP contribution in [-0.4, -0.2) is 63.2 Å². The first kappa shape index (κ1) is 14.9. The topological polar surface area (TPSA) is 93.7 Å². The van der Waals surface area contributed by atoms with E-state index in [1.165, 1.54) is 17.1 Å². The van der Waals surface area contributed by atoms with Crippen molar-refractivity contribution in [1.82, 2.24) is 14.7 Å². The Morgan fingerprint density at radius 2 is 2.40 bits per heavy atom. The van der Waals surface area contributed by atoms with Crippen LogP contribution in [0.4, 0.5) is 5.69 Å². The van der Waals surface area contributed by atoms with Crippen LogP contribution in [0, 0.1) is 10.1 Å². The maximum absolute atomic E-state index is 10.6. The average molecular weight is 284 g/mol. The molecule has 1 aliphatic rings. The second-order valence-corrected chi connectivity index (χ2v) is 5.08. The van der Waals surface area contributed by atoms with E-state index in [2.05, 4.69) is 16.9 Å². The van der Waals surface area contributed by atoms with Crippen LogP contribution in [0.25, 0.3) is 0 Å². The monoisotopic (exact) mass is 284 g/mol. The van der Waals surface area contributed by atoms with Gasteiger partial charge in [0.15, 0.2) is 0 Å². The molecule has 1 saturated heterocycles. The van der Waals surface area contributed by atoms with Crippen molar-refractivity contribution in [3.8, 4) is 0 Å². The quantitative estimate of drug-likeness (QED) is 0.616. The third-order valence-electron chi connectivity index (χ3n) is 3.50. The summed E-state index contributed by atoms with van der Waals surface area (Å²) < 4.78 is 6.81. The third kappa shape index (κ3) is 3.99. The summed E-state index contributed by atoms with van der Waals surface area (Å²) in [5.41, 5.74) is -0.0614. The minimum atomic E-state index is -0.616. The van der Waals surface area contributed by atoms with E-state index >= 15 is 0 Å². The van der Waals surface area contributed by atoms with Crippen molar-refractivity contribution in [2.45, 2.75) is 32.0 Å². The van der Waals surface area contributed by atoms with E-state index < -0.39 is 11.0 Å². The summed E-state index contributed by atoms with van der Waals surface area (Å²) >= 11 is 0. The Hall–Kier alpha value is -1.51. The van der Waals surface area contributed by atoms with Crippen LogP contribution in [0.1, 0.15) is 13.3 Å². The van der Waals surface area contributed by atoms with Gasteiger partial charge in [-0.25, -0.2) is 0 Å². The molecule has 0 saturated carbocycles. The van der Waals surface area contributed by atoms with Crippen LogP contribution in [0.2, 0.25) is 0 Å². The van der Waals surface area contributed by atoms with Crippen LogP contribution in [0.5, 0.6) is 0 Å². The van der Waals surface area contributed by atoms with Crippen LogP contribution in [0.3, 0.4) is 0 Å². The molecule has 1 aromatic rings. The van der Waals surface area contributed by atoms with Crippen molar-refractivity contribution in [2.24, 2.45) is 0 Å². The zero-order valence-electron chi connectivity index (χ0n) is 11.5. The molecule has 0 spiro atoms. The SMILES string of the molecule is CC1CCOCCN1CC(O)Cn1cc([N+](=O)[O-])cn1. The van der Waals surface area contributed by atoms with E-state index in [-0.39, 0.29) is 12.2 Å². The Kier molecular flexibility index (Phi) is 5.05. The number of rotatable bonds is 5. The molecule has 8 heteroatoms. The van der Waals surface area contributed by atoms with Crippen LogP contribution in [-0.2, 0) is 11.3 Å². The zero-order valence-corrected chi connectivity index (χ0v) is 11.5. The van der Waals surface area contributed by atoms with Gasteiger partial charge in [-0.05, 0) is 13.3 Å². The Balaban J connectivity index is 1.87. The zero-order chi connectivity index (χ0) is 14.5. The molecular formula is C12H20N4O4. The highest BCUT2D eigenvalue weighted by atomic mass is 16.6. The highest BCUT2D eigenvalue weighted by Crippen LogP contribution is 2.11. The predicted molar refractivity (Wildman–Crippen MR) is 71.4 cm³/mol. The Morgan fingerprint density at radius 1 is 1.60 bits per heavy atom. The lowest BCUT2D eigenvalue weighted by Crippen LogP contribution is -2.41. The molecular weight excluding hydrogens is 264 g/mol. The van der Waals surface area contributed by atoms with E-state index in [9.17, 15) is 15.2 Å². The van der Waals surface area contributed by atoms with Crippen molar-refractivity contribution >= 4 is 5.69 Å². The number of hydrogen-bond donors (Lipinski definition) is 1. The number of aliphatic hydroxyl groups is 1. The molecule has 0 amide bonds. The van der Waals surface area contributed by atoms with Gasteiger partial charge in [0, 0.05) is 25.7 Å². The number of aromatic nitrogens is 2. The lowest BCUT2D eigenvalue weighted by atomic mass is 10.2. The molecule has 0 aliphatic carbocycles. The molecule has 2 unspecified atom stereocenters. The number of nitrogens with zero attached hydrogens (tertiary/aromatic N) is 4. The standard InChI is InChI=1S/C12H20N4O4/c1-10-2-4-20-5-3-14(10)8-12(17)9-15-7-11(6-13-15)16(18)19/h6-7,10,12,17H,2-5,8-9H2,1H3. The molecule has 1 aliphatic heterocycles. The highest BCUT2D eigenvalue weighted by molar-refractivity contribution is 5.20. The number of ether oxygens (including phenoxy) is 1. The predicted octanol–water partition coefficient (Wildman–Crippen LogP) is 0.263. The van der Waals surface area contributed by atoms with Gasteiger partial charge >= 0.3 is 5.69 Å². The van der Waals surface area contributed by atoms with Crippen molar-refractivity contribution in [3.63, 3.8) is 0 Å². The Bertz CT molecular complexity index is 450. The summed E-state index contributed by atoms with van der Waals surface area (Å²) in [4.78, 5) is 12.2. The van der Waals surface area contributed by atoms with E-state index in [0.717, 1.165) is 19.6 Å². The minimum absolute atomic E-state index is 0.0614. The number of β-amino-alcohol motifs (C(OH)–C–C–N with tert-alkyl or cyclic N) is 1. The van der Waals surface area contributed by atoms with Crippen molar-refractivity contribution in [1.29, 1.82) is 0 Å². The molecule has 1 N–H and O–H groups in total. The van der Waals surface area contributed by atoms with Gasteiger partial charge in [0.25, 0.3) is 0 Å². The summed E-state index contributed by atoms with van der Waals surface area (Å²) in [6, 6.07) is 0.360. The maximum atomic E-state index is 10.6. The van der Waals surface area contributed by atoms with Crippen molar-refractivity contribution in [2.75, 3.05) is 26.3 Å². The van der Waals surface area contributed by atoms with Gasteiger partial charge in [0.1, 0.15) is 12.4 Å². The van der Waals surface area contributed by atoms with Gasteiger partial charge in [0.05, 0.1) is 24.2 Å². The number of hydrogen-bond acceptors (Lipinski definition) is 6. The molecule has 0 radical (unpaired) electrons. The molecule has 2 heterocycles. The molecule has 1 aromatic heterocycles. The van der Waals surface area contributed by atoms with Gasteiger partial charge in [0.2, 0.25) is 0 Å². The first-order chi connectivity index (χ1) is 9.56. The molecule has 0 aromatic carbocycles. The molecule has 8 nitrogen and oxygen atoms in total. The van der Waals surface area contributed by atoms with Crippen LogP contribution >= 0.6 is 0 Å². The normalized spacial score (nSPS) is 22.4. The lowest BCUT2D eigenvalue weighted by Gasteiger charge is -2.28. The summed E-state index contributed by atoms with van der Waals surface area (Å²) in [5.74, 6) is 0. The summed E-state index contributed by atoms with van der Waals surface area (Å²) in [6.45, 7) is 5.08. The largest absolute Gasteiger partial charge is 0.390 e. The van der Waals surface area contributed by atoms with Gasteiger partial charge in [-0.2, -0.15) is 5.10 Å². The van der Waals surface area contributed by atoms with E-state index in [4.69, 9.17) is 4.74 Å². The van der Waals surface area contributed by atoms with Gasteiger partial charge < -0.3 is 9.84 Å². The first-order valence-corrected chi connectivity index (χ1v) is 6.73. The van der Waals surface area contributed by atoms with E-state index in [1.54, 1.807) is 0 Å². The Labute approximate surface area is 117 Å². The minimum Gasteiger partial charge on any atom is -0.390 e. The van der Waals surface area contributed by atoms with Crippen LogP contribution < -0.4 is 0 Å². The Morgan fingerprint density at radius 3 is 3.10 bits per heavy atom. The molecule has 112 valence electrons. The van der Waals surface area contributed by atoms with Gasteiger partial charge in [-0.15, -0.1) is 0 Å². The van der Waals surface area contributed by atoms with Crippen LogP contribution in [0.15, 0.2) is 12.4 Å². The fourth-order valence-corrected chi connectivity index (χ4v) is 2.30. The smallest absolute Gasteiger partial charge is 0.306 e. The first-order valence-electron chi connectivity index (χ1n) is 6.73. The summed E-state index contributed by atoms with van der Waals surface area (Å²) in [7, 11) is 0. The molecule has 1 fully saturated rings. The van der Waals surface area contributed by atoms with Crippen molar-refractivity contribution in [3.05, 3.63) is 22.5 Å². The second-order valence-electron chi connectivity index (χ2n) is 5.08. The third-order valence-corrected chi connectivity index (χ3v) is 3.50. The molecule has 0 bridgehead atoms. The van der Waals surface area contributed by atoms with E-state index in [1.807, 2.05) is 0 Å². The fourth-order valence-electron chi connectivity index (χ4n) is 2.30. The number of nitro groups is 1. The molecule has 20 heavy (non-hydrogen) atoms. The van der Waals surface area contributed by atoms with Gasteiger partial charge in [-0.3, -0.25) is 19.7 Å². The highest BCUT2D eigenvalue weighted by Gasteiger charge is 2.20. The average Bonchev–Trinajstić information content (AvgIpc) is 2.76. The van der Waals surface area contributed by atoms with Gasteiger partial charge in [-0.1, -0.05) is 0 Å². The van der Waals surface area contributed by atoms with Crippen molar-refractivity contribution < 1.29 is 14.8 Å². The van der Waals surface area contributed by atoms with E-state index in [0.29, 0.717) is 19.2 Å². The molecule has 2 atom stereocenters. The summed E-state index contributed by atoms with van der Waals surface area (Å²) in [5, 5.41) is 24.5. The lowest BCUT2D eigenvalue weighted by molar-refractivity contribution is -0.385. The second kappa shape index (κ2) is 6.78. The fraction of sp³-hybridized carbons (Fsp3) is 0.750. The summed E-state index contributed by atoms with van der Waals surface area (Å²) in [6.07, 6.45) is 2.85. The number of aliphatic hydroxyl groups excluding tert-OH is 1. The molecule has 2 rings (SSSR count). The maximum Gasteiger partial charge on any atom is 0.306 e.